The summed E-state index contributed by atoms with van der Waals surface area (Å²) in [7, 11) is 1.69. The van der Waals surface area contributed by atoms with Crippen LogP contribution in [0.25, 0.3) is 0 Å². The second-order valence-corrected chi connectivity index (χ2v) is 4.85. The number of carbonyl (C=O) groups is 2. The van der Waals surface area contributed by atoms with Gasteiger partial charge in [0, 0.05) is 33.2 Å². The van der Waals surface area contributed by atoms with Crippen molar-refractivity contribution in [3.05, 3.63) is 0 Å². The molecule has 0 spiro atoms. The van der Waals surface area contributed by atoms with Gasteiger partial charge in [-0.25, -0.2) is 4.79 Å². The normalized spacial score (nSPS) is 37.6. The molecule has 100 valence electrons. The predicted octanol–water partition coefficient (Wildman–Crippen LogP) is -2.76. The zero-order valence-electron chi connectivity index (χ0n) is 10.3. The van der Waals surface area contributed by atoms with Gasteiger partial charge < -0.3 is 10.2 Å². The third kappa shape index (κ3) is 1.87. The highest BCUT2D eigenvalue weighted by molar-refractivity contribution is 6.00. The van der Waals surface area contributed by atoms with Crippen LogP contribution in [0.4, 0.5) is 4.79 Å². The zero-order valence-corrected chi connectivity index (χ0v) is 10.3. The molecule has 8 heteroatoms. The third-order valence-electron chi connectivity index (χ3n) is 3.75. The molecular formula is C10H18N6O2. The summed E-state index contributed by atoms with van der Waals surface area (Å²) in [6.07, 6.45) is -0.327. The number of urea groups is 1. The lowest BCUT2D eigenvalue weighted by atomic mass is 10.2. The van der Waals surface area contributed by atoms with Gasteiger partial charge in [-0.05, 0) is 0 Å². The van der Waals surface area contributed by atoms with E-state index in [4.69, 9.17) is 0 Å². The number of fused-ring (bicyclic) bond motifs is 1. The highest BCUT2D eigenvalue weighted by atomic mass is 16.2. The molecule has 3 amide bonds. The number of hydrogen-bond acceptors (Lipinski definition) is 6. The van der Waals surface area contributed by atoms with Crippen molar-refractivity contribution in [2.75, 3.05) is 33.2 Å². The van der Waals surface area contributed by atoms with Crippen LogP contribution in [-0.4, -0.2) is 73.5 Å². The Morgan fingerprint density at radius 1 is 1.17 bits per heavy atom. The molecule has 4 N–H and O–H groups in total. The summed E-state index contributed by atoms with van der Waals surface area (Å²) in [6.45, 7) is 3.72. The van der Waals surface area contributed by atoms with Crippen molar-refractivity contribution in [3.8, 4) is 0 Å². The summed E-state index contributed by atoms with van der Waals surface area (Å²) >= 11 is 0. The van der Waals surface area contributed by atoms with Crippen LogP contribution in [0.2, 0.25) is 0 Å². The Hall–Kier alpha value is -1.22. The highest BCUT2D eigenvalue weighted by Gasteiger charge is 2.47. The van der Waals surface area contributed by atoms with Gasteiger partial charge in [-0.1, -0.05) is 0 Å². The van der Waals surface area contributed by atoms with Crippen molar-refractivity contribution in [1.82, 2.24) is 31.1 Å². The lowest BCUT2D eigenvalue weighted by Gasteiger charge is -2.34. The second kappa shape index (κ2) is 4.47. The largest absolute Gasteiger partial charge is 0.325 e. The van der Waals surface area contributed by atoms with Crippen LogP contribution >= 0.6 is 0 Å². The Kier molecular flexibility index (Phi) is 2.94. The van der Waals surface area contributed by atoms with E-state index in [9.17, 15) is 9.59 Å². The number of amides is 3. The van der Waals surface area contributed by atoms with Crippen LogP contribution in [-0.2, 0) is 4.79 Å². The molecule has 3 atom stereocenters. The first-order valence-electron chi connectivity index (χ1n) is 6.21. The van der Waals surface area contributed by atoms with Gasteiger partial charge in [-0.2, -0.15) is 0 Å². The fourth-order valence-electron chi connectivity index (χ4n) is 2.67. The molecule has 18 heavy (non-hydrogen) atoms. The fraction of sp³-hybridized carbons (Fsp3) is 0.800. The van der Waals surface area contributed by atoms with Crippen LogP contribution in [0.1, 0.15) is 0 Å². The van der Waals surface area contributed by atoms with E-state index < -0.39 is 0 Å². The number of carbonyl (C=O) groups excluding carboxylic acids is 2. The number of imide groups is 1. The minimum absolute atomic E-state index is 0.0544. The molecular weight excluding hydrogens is 236 g/mol. The Labute approximate surface area is 105 Å². The van der Waals surface area contributed by atoms with Gasteiger partial charge in [-0.3, -0.25) is 25.6 Å². The lowest BCUT2D eigenvalue weighted by molar-refractivity contribution is -0.124. The Bertz CT molecular complexity index is 369. The number of piperazine rings is 1. The van der Waals surface area contributed by atoms with Crippen LogP contribution < -0.4 is 21.3 Å². The molecule has 0 bridgehead atoms. The summed E-state index contributed by atoms with van der Waals surface area (Å²) in [5.41, 5.74) is 0. The molecule has 0 aromatic carbocycles. The van der Waals surface area contributed by atoms with Crippen LogP contribution in [0, 0.1) is 0 Å². The molecule has 3 saturated heterocycles. The van der Waals surface area contributed by atoms with E-state index in [0.717, 1.165) is 26.2 Å². The van der Waals surface area contributed by atoms with Gasteiger partial charge in [0.05, 0.1) is 0 Å². The Morgan fingerprint density at radius 3 is 2.61 bits per heavy atom. The van der Waals surface area contributed by atoms with E-state index in [1.54, 1.807) is 7.05 Å². The van der Waals surface area contributed by atoms with Crippen molar-refractivity contribution in [1.29, 1.82) is 0 Å². The maximum absolute atomic E-state index is 11.8. The first-order chi connectivity index (χ1) is 8.66. The van der Waals surface area contributed by atoms with E-state index in [0.29, 0.717) is 0 Å². The van der Waals surface area contributed by atoms with Crippen LogP contribution in [0.3, 0.4) is 0 Å². The highest BCUT2D eigenvalue weighted by Crippen LogP contribution is 2.15. The summed E-state index contributed by atoms with van der Waals surface area (Å²) in [6, 6.07) is -0.732. The molecule has 3 aliphatic rings. The van der Waals surface area contributed by atoms with Gasteiger partial charge in [0.25, 0.3) is 0 Å². The van der Waals surface area contributed by atoms with Gasteiger partial charge in [-0.15, -0.1) is 0 Å². The molecule has 0 aromatic heterocycles. The van der Waals surface area contributed by atoms with E-state index in [1.807, 2.05) is 0 Å². The van der Waals surface area contributed by atoms with E-state index >= 15 is 0 Å². The molecule has 0 aliphatic carbocycles. The lowest BCUT2D eigenvalue weighted by Crippen LogP contribution is -2.64. The SMILES string of the molecule is CN1C(=O)NC(=O)C2NC(N3CCNCC3)NC21. The molecule has 3 unspecified atom stereocenters. The second-order valence-electron chi connectivity index (χ2n) is 4.85. The standard InChI is InChI=1S/C10H18N6O2/c1-15-7-6(8(17)14-10(15)18)12-9(13-7)16-4-2-11-3-5-16/h6-7,9,11-13H,2-5H2,1H3,(H,14,17,18). The minimum Gasteiger partial charge on any atom is -0.314 e. The molecule has 0 saturated carbocycles. The predicted molar refractivity (Wildman–Crippen MR) is 63.4 cm³/mol. The van der Waals surface area contributed by atoms with Crippen molar-refractivity contribution in [2.45, 2.75) is 18.5 Å². The first-order valence-corrected chi connectivity index (χ1v) is 6.21. The number of nitrogens with zero attached hydrogens (tertiary/aromatic N) is 2. The maximum Gasteiger partial charge on any atom is 0.325 e. The Balaban J connectivity index is 1.72. The average molecular weight is 254 g/mol. The van der Waals surface area contributed by atoms with Gasteiger partial charge >= 0.3 is 6.03 Å². The van der Waals surface area contributed by atoms with Gasteiger partial charge in [0.1, 0.15) is 18.5 Å². The number of nitrogens with one attached hydrogen (secondary N) is 4. The number of hydrogen-bond donors (Lipinski definition) is 4. The van der Waals surface area contributed by atoms with Gasteiger partial charge in [0.15, 0.2) is 0 Å². The molecule has 0 aromatic rings. The molecule has 8 nitrogen and oxygen atoms in total. The first kappa shape index (κ1) is 11.8. The topological polar surface area (TPSA) is 88.7 Å². The van der Waals surface area contributed by atoms with E-state index in [1.165, 1.54) is 4.90 Å². The molecule has 3 fully saturated rings. The number of rotatable bonds is 1. The third-order valence-corrected chi connectivity index (χ3v) is 3.75. The van der Waals surface area contributed by atoms with Crippen molar-refractivity contribution < 1.29 is 9.59 Å². The molecule has 0 radical (unpaired) electrons. The molecule has 3 rings (SSSR count). The van der Waals surface area contributed by atoms with Crippen molar-refractivity contribution in [2.24, 2.45) is 0 Å². The van der Waals surface area contributed by atoms with Crippen molar-refractivity contribution in [3.63, 3.8) is 0 Å². The maximum atomic E-state index is 11.8. The molecule has 3 aliphatic heterocycles. The van der Waals surface area contributed by atoms with Gasteiger partial charge in [0.2, 0.25) is 5.91 Å². The summed E-state index contributed by atoms with van der Waals surface area (Å²) in [4.78, 5) is 27.1. The van der Waals surface area contributed by atoms with E-state index in [2.05, 4.69) is 26.2 Å². The van der Waals surface area contributed by atoms with Crippen LogP contribution in [0.5, 0.6) is 0 Å². The number of likely N-dealkylation sites (N-methyl/N-ethyl adjacent to an activating group) is 1. The Morgan fingerprint density at radius 2 is 1.89 bits per heavy atom. The van der Waals surface area contributed by atoms with Crippen LogP contribution in [0.15, 0.2) is 0 Å². The average Bonchev–Trinajstić information content (AvgIpc) is 2.83. The van der Waals surface area contributed by atoms with Crippen molar-refractivity contribution >= 4 is 11.9 Å². The quantitative estimate of drug-likeness (QED) is 0.405. The smallest absolute Gasteiger partial charge is 0.314 e. The summed E-state index contributed by atoms with van der Waals surface area (Å²) in [5.74, 6) is -0.256. The molecule has 3 heterocycles. The monoisotopic (exact) mass is 254 g/mol. The minimum atomic E-state index is -0.382. The fourth-order valence-corrected chi connectivity index (χ4v) is 2.67. The summed E-state index contributed by atoms with van der Waals surface area (Å²) in [5, 5.41) is 12.2. The zero-order chi connectivity index (χ0) is 12.7. The summed E-state index contributed by atoms with van der Waals surface area (Å²) < 4.78 is 0. The van der Waals surface area contributed by atoms with E-state index in [-0.39, 0.29) is 30.4 Å².